The fourth-order valence-corrected chi connectivity index (χ4v) is 3.77. The molecule has 1 aromatic heterocycles. The monoisotopic (exact) mass is 392 g/mol. The van der Waals surface area contributed by atoms with E-state index in [9.17, 15) is 15.2 Å². The minimum Gasteiger partial charge on any atom is -0.393 e. The van der Waals surface area contributed by atoms with Crippen LogP contribution in [0.15, 0.2) is 60.8 Å². The van der Waals surface area contributed by atoms with Gasteiger partial charge in [0.2, 0.25) is 0 Å². The molecule has 3 aromatic rings. The van der Waals surface area contributed by atoms with Crippen molar-refractivity contribution in [1.82, 2.24) is 15.1 Å². The van der Waals surface area contributed by atoms with Gasteiger partial charge in [0.15, 0.2) is 0 Å². The van der Waals surface area contributed by atoms with Crippen LogP contribution in [0.25, 0.3) is 16.9 Å². The summed E-state index contributed by atoms with van der Waals surface area (Å²) in [5, 5.41) is 29.0. The Labute approximate surface area is 169 Å². The molecule has 1 heterocycles. The van der Waals surface area contributed by atoms with Crippen LogP contribution in [0, 0.1) is 10.1 Å². The fraction of sp³-hybridized carbons (Fsp3) is 0.318. The molecule has 0 saturated heterocycles. The number of aromatic nitrogens is 2. The molecule has 0 spiro atoms. The topological polar surface area (TPSA) is 93.2 Å². The second kappa shape index (κ2) is 8.55. The van der Waals surface area contributed by atoms with Gasteiger partial charge in [-0.2, -0.15) is 5.10 Å². The van der Waals surface area contributed by atoms with Gasteiger partial charge >= 0.3 is 0 Å². The van der Waals surface area contributed by atoms with Crippen molar-refractivity contribution in [1.29, 1.82) is 0 Å². The first-order valence-electron chi connectivity index (χ1n) is 9.90. The zero-order valence-corrected chi connectivity index (χ0v) is 16.1. The molecular formula is C22H24N4O3. The van der Waals surface area contributed by atoms with Crippen molar-refractivity contribution in [2.75, 3.05) is 0 Å². The minimum atomic E-state index is -0.397. The number of aliphatic hydroxyl groups is 1. The molecule has 7 nitrogen and oxygen atoms in total. The molecule has 0 unspecified atom stereocenters. The number of hydrogen-bond donors (Lipinski definition) is 2. The van der Waals surface area contributed by atoms with Gasteiger partial charge in [-0.1, -0.05) is 18.2 Å². The number of rotatable bonds is 6. The molecule has 1 aliphatic rings. The third-order valence-corrected chi connectivity index (χ3v) is 5.44. The second-order valence-electron chi connectivity index (χ2n) is 7.47. The smallest absolute Gasteiger partial charge is 0.269 e. The zero-order chi connectivity index (χ0) is 20.2. The third-order valence-electron chi connectivity index (χ3n) is 5.44. The molecule has 4 rings (SSSR count). The molecule has 1 aliphatic carbocycles. The maximum Gasteiger partial charge on any atom is 0.269 e. The largest absolute Gasteiger partial charge is 0.393 e. The van der Waals surface area contributed by atoms with E-state index in [0.717, 1.165) is 48.2 Å². The average Bonchev–Trinajstić information content (AvgIpc) is 3.18. The van der Waals surface area contributed by atoms with Crippen molar-refractivity contribution in [3.05, 3.63) is 76.5 Å². The van der Waals surface area contributed by atoms with Gasteiger partial charge in [0.25, 0.3) is 5.69 Å². The van der Waals surface area contributed by atoms with E-state index in [1.807, 2.05) is 41.2 Å². The summed E-state index contributed by atoms with van der Waals surface area (Å²) in [6, 6.07) is 16.8. The summed E-state index contributed by atoms with van der Waals surface area (Å²) in [4.78, 5) is 10.6. The Morgan fingerprint density at radius 3 is 2.41 bits per heavy atom. The van der Waals surface area contributed by atoms with Gasteiger partial charge in [-0.3, -0.25) is 10.1 Å². The van der Waals surface area contributed by atoms with Crippen LogP contribution >= 0.6 is 0 Å². The summed E-state index contributed by atoms with van der Waals surface area (Å²) in [6.07, 6.45) is 5.41. The number of nitro groups is 1. The van der Waals surface area contributed by atoms with Crippen LogP contribution in [-0.4, -0.2) is 32.0 Å². The first-order valence-corrected chi connectivity index (χ1v) is 9.90. The van der Waals surface area contributed by atoms with E-state index in [2.05, 4.69) is 5.32 Å². The second-order valence-corrected chi connectivity index (χ2v) is 7.47. The summed E-state index contributed by atoms with van der Waals surface area (Å²) >= 11 is 0. The number of nitro benzene ring substituents is 1. The fourth-order valence-electron chi connectivity index (χ4n) is 3.77. The number of para-hydroxylation sites is 1. The Morgan fingerprint density at radius 2 is 1.76 bits per heavy atom. The van der Waals surface area contributed by atoms with Crippen LogP contribution in [0.2, 0.25) is 0 Å². The van der Waals surface area contributed by atoms with E-state index < -0.39 is 4.92 Å². The number of nitrogens with one attached hydrogen (secondary N) is 1. The number of nitrogens with zero attached hydrogens (tertiary/aromatic N) is 3. The highest BCUT2D eigenvalue weighted by atomic mass is 16.6. The van der Waals surface area contributed by atoms with E-state index in [4.69, 9.17) is 5.10 Å². The minimum absolute atomic E-state index is 0.0664. The molecule has 150 valence electrons. The Hall–Kier alpha value is -3.03. The molecule has 0 atom stereocenters. The lowest BCUT2D eigenvalue weighted by Gasteiger charge is -2.26. The van der Waals surface area contributed by atoms with Crippen molar-refractivity contribution >= 4 is 5.69 Å². The van der Waals surface area contributed by atoms with Crippen LogP contribution in [-0.2, 0) is 6.54 Å². The van der Waals surface area contributed by atoms with Crippen molar-refractivity contribution in [2.45, 2.75) is 44.4 Å². The van der Waals surface area contributed by atoms with E-state index in [-0.39, 0.29) is 11.8 Å². The Balaban J connectivity index is 1.61. The van der Waals surface area contributed by atoms with Crippen molar-refractivity contribution in [3.63, 3.8) is 0 Å². The van der Waals surface area contributed by atoms with E-state index in [0.29, 0.717) is 12.6 Å². The normalized spacial score (nSPS) is 19.2. The van der Waals surface area contributed by atoms with Crippen LogP contribution in [0.1, 0.15) is 31.2 Å². The number of aliphatic hydroxyl groups excluding tert-OH is 1. The van der Waals surface area contributed by atoms with Gasteiger partial charge in [0.1, 0.15) is 0 Å². The standard InChI is InChI=1S/C22H24N4O3/c27-21-12-8-18(9-13-21)23-14-17-15-25(19-4-2-1-3-5-19)24-22(17)16-6-10-20(11-7-16)26(28)29/h1-7,10-11,15,18,21,23,27H,8-9,12-14H2. The SMILES string of the molecule is O=[N+]([O-])c1ccc(-c2nn(-c3ccccc3)cc2CNC2CCC(O)CC2)cc1. The lowest BCUT2D eigenvalue weighted by atomic mass is 9.93. The van der Waals surface area contributed by atoms with Gasteiger partial charge < -0.3 is 10.4 Å². The zero-order valence-electron chi connectivity index (χ0n) is 16.1. The quantitative estimate of drug-likeness (QED) is 0.491. The van der Waals surface area contributed by atoms with Crippen LogP contribution in [0.5, 0.6) is 0 Å². The molecule has 0 bridgehead atoms. The van der Waals surface area contributed by atoms with Crippen molar-refractivity contribution in [3.8, 4) is 16.9 Å². The predicted octanol–water partition coefficient (Wildman–Crippen LogP) is 3.84. The Morgan fingerprint density at radius 1 is 1.07 bits per heavy atom. The highest BCUT2D eigenvalue weighted by Gasteiger charge is 2.20. The summed E-state index contributed by atoms with van der Waals surface area (Å²) in [5.41, 5.74) is 3.72. The molecule has 1 fully saturated rings. The summed E-state index contributed by atoms with van der Waals surface area (Å²) in [7, 11) is 0. The molecule has 0 aliphatic heterocycles. The lowest BCUT2D eigenvalue weighted by Crippen LogP contribution is -2.34. The summed E-state index contributed by atoms with van der Waals surface area (Å²) in [6.45, 7) is 0.653. The molecule has 7 heteroatoms. The maximum atomic E-state index is 11.0. The van der Waals surface area contributed by atoms with Gasteiger partial charge in [0.05, 0.1) is 22.4 Å². The molecule has 29 heavy (non-hydrogen) atoms. The molecule has 1 saturated carbocycles. The molecule has 0 radical (unpaired) electrons. The lowest BCUT2D eigenvalue weighted by molar-refractivity contribution is -0.384. The van der Waals surface area contributed by atoms with E-state index in [1.54, 1.807) is 12.1 Å². The molecule has 2 N–H and O–H groups in total. The van der Waals surface area contributed by atoms with Gasteiger partial charge in [-0.15, -0.1) is 0 Å². The molecular weight excluding hydrogens is 368 g/mol. The number of non-ortho nitro benzene ring substituents is 1. The maximum absolute atomic E-state index is 11.0. The van der Waals surface area contributed by atoms with Crippen LogP contribution in [0.3, 0.4) is 0 Å². The number of benzene rings is 2. The molecule has 2 aromatic carbocycles. The van der Waals surface area contributed by atoms with E-state index in [1.165, 1.54) is 12.1 Å². The van der Waals surface area contributed by atoms with Crippen LogP contribution in [0.4, 0.5) is 5.69 Å². The number of hydrogen-bond acceptors (Lipinski definition) is 5. The van der Waals surface area contributed by atoms with Crippen molar-refractivity contribution in [2.24, 2.45) is 0 Å². The Kier molecular flexibility index (Phi) is 5.69. The van der Waals surface area contributed by atoms with Crippen LogP contribution < -0.4 is 5.32 Å². The highest BCUT2D eigenvalue weighted by molar-refractivity contribution is 5.64. The van der Waals surface area contributed by atoms with Crippen molar-refractivity contribution < 1.29 is 10.0 Å². The third kappa shape index (κ3) is 4.52. The van der Waals surface area contributed by atoms with Gasteiger partial charge in [-0.05, 0) is 49.9 Å². The summed E-state index contributed by atoms with van der Waals surface area (Å²) < 4.78 is 1.85. The van der Waals surface area contributed by atoms with E-state index >= 15 is 0 Å². The Bertz CT molecular complexity index is 961. The predicted molar refractivity (Wildman–Crippen MR) is 111 cm³/mol. The highest BCUT2D eigenvalue weighted by Crippen LogP contribution is 2.26. The summed E-state index contributed by atoms with van der Waals surface area (Å²) in [5.74, 6) is 0. The van der Waals surface area contributed by atoms with Gasteiger partial charge in [0, 0.05) is 42.0 Å². The average molecular weight is 392 g/mol. The first-order chi connectivity index (χ1) is 14.1. The first kappa shape index (κ1) is 19.3. The molecule has 0 amide bonds. The van der Waals surface area contributed by atoms with Gasteiger partial charge in [-0.25, -0.2) is 4.68 Å².